The van der Waals surface area contributed by atoms with Crippen molar-refractivity contribution in [3.8, 4) is 0 Å². The molecular formula is C22H42N6O2S2. The van der Waals surface area contributed by atoms with Gasteiger partial charge in [0.25, 0.3) is 10.3 Å². The molecule has 0 heterocycles. The molecular weight excluding hydrogens is 444 g/mol. The average Bonchev–Trinajstić information content (AvgIpc) is 2.58. The Morgan fingerprint density at radius 3 is 1.12 bits per heavy atom. The predicted octanol–water partition coefficient (Wildman–Crippen LogP) is 6.05. The van der Waals surface area contributed by atoms with Gasteiger partial charge in [0.1, 0.15) is 23.5 Å². The Bertz CT molecular complexity index is 640. The van der Waals surface area contributed by atoms with Crippen molar-refractivity contribution in [2.24, 2.45) is 20.5 Å². The van der Waals surface area contributed by atoms with Gasteiger partial charge in [-0.25, -0.2) is 0 Å². The number of nitrogens with zero attached hydrogens (tertiary/aromatic N) is 4. The minimum absolute atomic E-state index is 0.0452. The monoisotopic (exact) mass is 486 g/mol. The van der Waals surface area contributed by atoms with Crippen molar-refractivity contribution in [1.82, 2.24) is 10.6 Å². The van der Waals surface area contributed by atoms with Crippen LogP contribution in [-0.4, -0.2) is 45.0 Å². The number of hydrogen-bond donors (Lipinski definition) is 2. The van der Waals surface area contributed by atoms with Gasteiger partial charge in [0, 0.05) is 0 Å². The van der Waals surface area contributed by atoms with Crippen LogP contribution in [0.3, 0.4) is 0 Å². The number of rotatable bonds is 6. The minimum Gasteiger partial charge on any atom is -0.468 e. The zero-order valence-corrected chi connectivity index (χ0v) is 23.0. The molecule has 0 aromatic carbocycles. The smallest absolute Gasteiger partial charge is 0.258 e. The van der Waals surface area contributed by atoms with Crippen LogP contribution in [0.1, 0.15) is 94.9 Å². The summed E-state index contributed by atoms with van der Waals surface area (Å²) >= 11 is 10.8. The second-order valence-electron chi connectivity index (χ2n) is 11.3. The third-order valence-corrected chi connectivity index (χ3v) is 4.58. The summed E-state index contributed by atoms with van der Waals surface area (Å²) in [6.45, 7) is 19.7. The van der Waals surface area contributed by atoms with E-state index in [1.807, 2.05) is 69.2 Å². The molecule has 0 atom stereocenters. The molecule has 0 aromatic rings. The molecule has 0 spiro atoms. The van der Waals surface area contributed by atoms with Crippen LogP contribution in [0.15, 0.2) is 20.5 Å². The van der Waals surface area contributed by atoms with Crippen molar-refractivity contribution in [3.05, 3.63) is 0 Å². The topological polar surface area (TPSA) is 92.0 Å². The first kappa shape index (κ1) is 28.6. The normalized spacial score (nSPS) is 20.9. The van der Waals surface area contributed by atoms with Gasteiger partial charge in [0.2, 0.25) is 0 Å². The van der Waals surface area contributed by atoms with Gasteiger partial charge in [0.05, 0.1) is 11.1 Å². The molecule has 0 aromatic heterocycles. The fourth-order valence-corrected chi connectivity index (χ4v) is 3.50. The highest BCUT2D eigenvalue weighted by atomic mass is 32.1. The molecule has 1 fully saturated rings. The van der Waals surface area contributed by atoms with Gasteiger partial charge in [0.15, 0.2) is 0 Å². The lowest BCUT2D eigenvalue weighted by Gasteiger charge is -2.32. The summed E-state index contributed by atoms with van der Waals surface area (Å²) in [4.78, 5) is 0. The highest BCUT2D eigenvalue weighted by Gasteiger charge is 2.28. The Kier molecular flexibility index (Phi) is 9.96. The third kappa shape index (κ3) is 13.2. The standard InChI is InChI=1S/C22H42N6O2S2/c1-19(2,3)25-27-21(7,8)23-17(31)29-15-11-13-16(14-12-15)30-18(32)24-22(9,10)28-26-20(4,5)6/h15-16H,11-14H2,1-10H3,(H,23,31)(H,24,32). The molecule has 184 valence electrons. The molecule has 10 heteroatoms. The van der Waals surface area contributed by atoms with Crippen LogP contribution in [0.4, 0.5) is 0 Å². The van der Waals surface area contributed by atoms with E-state index in [0.29, 0.717) is 10.3 Å². The zero-order chi connectivity index (χ0) is 24.8. The Balaban J connectivity index is 2.43. The summed E-state index contributed by atoms with van der Waals surface area (Å²) in [6, 6.07) is 0. The first-order valence-corrected chi connectivity index (χ1v) is 12.0. The van der Waals surface area contributed by atoms with Crippen molar-refractivity contribution < 1.29 is 9.47 Å². The summed E-state index contributed by atoms with van der Waals surface area (Å²) < 4.78 is 11.9. The van der Waals surface area contributed by atoms with Crippen LogP contribution in [0.5, 0.6) is 0 Å². The number of thiocarbonyl (C=S) groups is 2. The summed E-state index contributed by atoms with van der Waals surface area (Å²) in [5.41, 5.74) is -1.72. The summed E-state index contributed by atoms with van der Waals surface area (Å²) in [5.74, 6) is 0. The quantitative estimate of drug-likeness (QED) is 0.350. The third-order valence-electron chi connectivity index (χ3n) is 4.18. The predicted molar refractivity (Wildman–Crippen MR) is 137 cm³/mol. The van der Waals surface area contributed by atoms with Gasteiger partial charge in [-0.3, -0.25) is 0 Å². The van der Waals surface area contributed by atoms with Crippen molar-refractivity contribution in [1.29, 1.82) is 0 Å². The second-order valence-corrected chi connectivity index (χ2v) is 12.1. The molecule has 0 aliphatic heterocycles. The fraction of sp³-hybridized carbons (Fsp3) is 0.909. The minimum atomic E-state index is -0.625. The lowest BCUT2D eigenvalue weighted by atomic mass is 9.95. The van der Waals surface area contributed by atoms with Gasteiger partial charge in [-0.15, -0.1) is 0 Å². The van der Waals surface area contributed by atoms with Crippen LogP contribution in [0.25, 0.3) is 0 Å². The maximum atomic E-state index is 5.94. The fourth-order valence-electron chi connectivity index (χ4n) is 2.73. The van der Waals surface area contributed by atoms with E-state index in [1.54, 1.807) is 0 Å². The summed E-state index contributed by atoms with van der Waals surface area (Å²) in [7, 11) is 0. The van der Waals surface area contributed by atoms with Gasteiger partial charge in [-0.1, -0.05) is 0 Å². The maximum Gasteiger partial charge on any atom is 0.258 e. The van der Waals surface area contributed by atoms with E-state index >= 15 is 0 Å². The van der Waals surface area contributed by atoms with Crippen LogP contribution >= 0.6 is 24.4 Å². The van der Waals surface area contributed by atoms with E-state index in [9.17, 15) is 0 Å². The van der Waals surface area contributed by atoms with Crippen LogP contribution in [-0.2, 0) is 9.47 Å². The highest BCUT2D eigenvalue weighted by Crippen LogP contribution is 2.24. The molecule has 2 N–H and O–H groups in total. The van der Waals surface area contributed by atoms with Gasteiger partial charge in [-0.05, 0) is 119 Å². The Morgan fingerprint density at radius 1 is 0.594 bits per heavy atom. The van der Waals surface area contributed by atoms with Gasteiger partial charge in [-0.2, -0.15) is 20.5 Å². The van der Waals surface area contributed by atoms with E-state index in [0.717, 1.165) is 25.7 Å². The lowest BCUT2D eigenvalue weighted by Crippen LogP contribution is -2.45. The molecule has 0 saturated heterocycles. The SMILES string of the molecule is CC(C)(C)N=NC(C)(C)NC(=S)OC1CCC(OC(=S)NC(C)(C)N=NC(C)(C)C)CC1. The Hall–Kier alpha value is -1.42. The van der Waals surface area contributed by atoms with Crippen LogP contribution in [0, 0.1) is 0 Å². The molecule has 1 aliphatic rings. The van der Waals surface area contributed by atoms with Crippen LogP contribution in [0.2, 0.25) is 0 Å². The molecule has 1 aliphatic carbocycles. The highest BCUT2D eigenvalue weighted by molar-refractivity contribution is 7.80. The molecule has 0 bridgehead atoms. The molecule has 8 nitrogen and oxygen atoms in total. The van der Waals surface area contributed by atoms with Gasteiger partial charge >= 0.3 is 0 Å². The van der Waals surface area contributed by atoms with Crippen molar-refractivity contribution in [2.75, 3.05) is 0 Å². The zero-order valence-electron chi connectivity index (χ0n) is 21.4. The first-order chi connectivity index (χ1) is 14.4. The first-order valence-electron chi connectivity index (χ1n) is 11.2. The summed E-state index contributed by atoms with van der Waals surface area (Å²) in [5, 5.41) is 24.3. The number of nitrogens with one attached hydrogen (secondary N) is 2. The molecule has 1 saturated carbocycles. The van der Waals surface area contributed by atoms with Crippen LogP contribution < -0.4 is 10.6 Å². The van der Waals surface area contributed by atoms with E-state index < -0.39 is 11.3 Å². The number of azo groups is 2. The Morgan fingerprint density at radius 2 is 0.875 bits per heavy atom. The van der Waals surface area contributed by atoms with E-state index in [4.69, 9.17) is 33.9 Å². The second kappa shape index (κ2) is 11.1. The Labute approximate surface area is 204 Å². The largest absolute Gasteiger partial charge is 0.468 e. The van der Waals surface area contributed by atoms with Crippen molar-refractivity contribution in [2.45, 2.75) is 130 Å². The average molecular weight is 487 g/mol. The maximum absolute atomic E-state index is 5.94. The number of hydrogen-bond acceptors (Lipinski definition) is 8. The molecule has 0 unspecified atom stereocenters. The molecule has 0 amide bonds. The molecule has 32 heavy (non-hydrogen) atoms. The van der Waals surface area contributed by atoms with E-state index in [1.165, 1.54) is 0 Å². The molecule has 1 rings (SSSR count). The van der Waals surface area contributed by atoms with Gasteiger partial charge < -0.3 is 20.1 Å². The molecule has 0 radical (unpaired) electrons. The number of ether oxygens (including phenoxy) is 2. The lowest BCUT2D eigenvalue weighted by molar-refractivity contribution is 0.0637. The van der Waals surface area contributed by atoms with E-state index in [2.05, 4.69) is 31.1 Å². The summed E-state index contributed by atoms with van der Waals surface area (Å²) in [6.07, 6.45) is 3.45. The van der Waals surface area contributed by atoms with Crippen molar-refractivity contribution in [3.63, 3.8) is 0 Å². The van der Waals surface area contributed by atoms with Crippen molar-refractivity contribution >= 4 is 34.8 Å². The van der Waals surface area contributed by atoms with E-state index in [-0.39, 0.29) is 23.3 Å².